The zero-order valence-electron chi connectivity index (χ0n) is 10.5. The molecule has 92 valence electrons. The molecule has 0 fully saturated rings. The molecule has 0 saturated heterocycles. The van der Waals surface area contributed by atoms with Crippen LogP contribution in [0, 0.1) is 13.8 Å². The van der Waals surface area contributed by atoms with Gasteiger partial charge in [-0.25, -0.2) is 4.79 Å². The summed E-state index contributed by atoms with van der Waals surface area (Å²) < 4.78 is 0. The molecular weight excluding hydrogens is 234 g/mol. The molecule has 0 atom stereocenters. The molecule has 1 rings (SSSR count). The number of carboxylic acid groups (broad SMARTS) is 1. The highest BCUT2D eigenvalue weighted by molar-refractivity contribution is 7.80. The van der Waals surface area contributed by atoms with E-state index in [2.05, 4.69) is 0 Å². The summed E-state index contributed by atoms with van der Waals surface area (Å²) in [6.07, 6.45) is 0. The zero-order valence-corrected chi connectivity index (χ0v) is 11.3. The first-order chi connectivity index (χ1) is 7.77. The fourth-order valence-corrected chi connectivity index (χ4v) is 2.33. The van der Waals surface area contributed by atoms with Gasteiger partial charge in [0.2, 0.25) is 0 Å². The van der Waals surface area contributed by atoms with Crippen molar-refractivity contribution < 1.29 is 9.90 Å². The molecule has 0 aliphatic rings. The number of carbonyl (C=O) groups is 1. The van der Waals surface area contributed by atoms with Crippen molar-refractivity contribution in [3.8, 4) is 0 Å². The van der Waals surface area contributed by atoms with Crippen molar-refractivity contribution in [1.82, 2.24) is 0 Å². The van der Waals surface area contributed by atoms with Gasteiger partial charge in [-0.15, -0.1) is 0 Å². The number of nitrogens with two attached hydrogens (primary N) is 1. The fourth-order valence-electron chi connectivity index (χ4n) is 2.11. The van der Waals surface area contributed by atoms with Gasteiger partial charge in [-0.05, 0) is 42.5 Å². The first kappa shape index (κ1) is 13.6. The molecule has 0 radical (unpaired) electrons. The Hall–Kier alpha value is -1.42. The SMILES string of the molecule is Cc1c(C(N)=S)cc(C(=O)O)c(C(C)C)c1C. The molecule has 0 unspecified atom stereocenters. The molecule has 0 aromatic heterocycles. The van der Waals surface area contributed by atoms with Gasteiger partial charge in [0.25, 0.3) is 0 Å². The second-order valence-electron chi connectivity index (χ2n) is 4.46. The Balaban J connectivity index is 3.68. The van der Waals surface area contributed by atoms with E-state index in [1.165, 1.54) is 0 Å². The van der Waals surface area contributed by atoms with Crippen LogP contribution in [0.3, 0.4) is 0 Å². The van der Waals surface area contributed by atoms with Gasteiger partial charge in [0, 0.05) is 5.56 Å². The predicted octanol–water partition coefficient (Wildman–Crippen LogP) is 2.76. The fraction of sp³-hybridized carbons (Fsp3) is 0.385. The lowest BCUT2D eigenvalue weighted by atomic mass is 9.87. The number of carboxylic acids is 1. The third-order valence-electron chi connectivity index (χ3n) is 3.02. The number of aromatic carboxylic acids is 1. The van der Waals surface area contributed by atoms with Crippen LogP contribution in [0.1, 0.15) is 52.4 Å². The van der Waals surface area contributed by atoms with E-state index in [9.17, 15) is 9.90 Å². The van der Waals surface area contributed by atoms with E-state index in [4.69, 9.17) is 18.0 Å². The first-order valence-corrected chi connectivity index (χ1v) is 5.85. The topological polar surface area (TPSA) is 63.3 Å². The van der Waals surface area contributed by atoms with Crippen LogP contribution in [0.15, 0.2) is 6.07 Å². The summed E-state index contributed by atoms with van der Waals surface area (Å²) in [6, 6.07) is 1.59. The van der Waals surface area contributed by atoms with E-state index in [1.54, 1.807) is 6.07 Å². The highest BCUT2D eigenvalue weighted by Gasteiger charge is 2.20. The van der Waals surface area contributed by atoms with E-state index in [0.717, 1.165) is 16.7 Å². The quantitative estimate of drug-likeness (QED) is 0.811. The molecule has 1 aromatic carbocycles. The van der Waals surface area contributed by atoms with Gasteiger partial charge in [-0.1, -0.05) is 26.1 Å². The van der Waals surface area contributed by atoms with Gasteiger partial charge in [0.15, 0.2) is 0 Å². The summed E-state index contributed by atoms with van der Waals surface area (Å²) in [7, 11) is 0. The van der Waals surface area contributed by atoms with Crippen LogP contribution in [0.2, 0.25) is 0 Å². The van der Waals surface area contributed by atoms with Crippen molar-refractivity contribution in [3.05, 3.63) is 33.9 Å². The van der Waals surface area contributed by atoms with Crippen molar-refractivity contribution in [1.29, 1.82) is 0 Å². The van der Waals surface area contributed by atoms with E-state index in [1.807, 2.05) is 27.7 Å². The second-order valence-corrected chi connectivity index (χ2v) is 4.90. The molecule has 0 amide bonds. The Labute approximate surface area is 107 Å². The molecule has 0 bridgehead atoms. The summed E-state index contributed by atoms with van der Waals surface area (Å²) >= 11 is 4.95. The van der Waals surface area contributed by atoms with Gasteiger partial charge in [0.1, 0.15) is 4.99 Å². The van der Waals surface area contributed by atoms with Crippen molar-refractivity contribution in [2.45, 2.75) is 33.6 Å². The maximum Gasteiger partial charge on any atom is 0.336 e. The largest absolute Gasteiger partial charge is 0.478 e. The summed E-state index contributed by atoms with van der Waals surface area (Å²) in [5.41, 5.74) is 9.35. The molecule has 3 nitrogen and oxygen atoms in total. The van der Waals surface area contributed by atoms with Crippen molar-refractivity contribution in [2.24, 2.45) is 5.73 Å². The van der Waals surface area contributed by atoms with Crippen LogP contribution in [-0.4, -0.2) is 16.1 Å². The Bertz CT molecular complexity index is 493. The van der Waals surface area contributed by atoms with Crippen LogP contribution < -0.4 is 5.73 Å². The van der Waals surface area contributed by atoms with E-state index < -0.39 is 5.97 Å². The average molecular weight is 251 g/mol. The van der Waals surface area contributed by atoms with Crippen LogP contribution in [0.4, 0.5) is 0 Å². The third-order valence-corrected chi connectivity index (χ3v) is 3.24. The average Bonchev–Trinajstić information content (AvgIpc) is 2.19. The Morgan fingerprint density at radius 1 is 1.29 bits per heavy atom. The van der Waals surface area contributed by atoms with Crippen molar-refractivity contribution in [3.63, 3.8) is 0 Å². The maximum absolute atomic E-state index is 11.3. The van der Waals surface area contributed by atoms with Gasteiger partial charge in [-0.2, -0.15) is 0 Å². The monoisotopic (exact) mass is 251 g/mol. The molecule has 1 aromatic rings. The summed E-state index contributed by atoms with van der Waals surface area (Å²) in [6.45, 7) is 7.80. The normalized spacial score (nSPS) is 10.6. The molecule has 0 aliphatic heterocycles. The number of thiocarbonyl (C=S) groups is 1. The van der Waals surface area contributed by atoms with Crippen LogP contribution in [-0.2, 0) is 0 Å². The third kappa shape index (κ3) is 2.47. The first-order valence-electron chi connectivity index (χ1n) is 5.44. The number of benzene rings is 1. The molecule has 17 heavy (non-hydrogen) atoms. The number of hydrogen-bond acceptors (Lipinski definition) is 2. The number of hydrogen-bond donors (Lipinski definition) is 2. The molecule has 0 spiro atoms. The Kier molecular flexibility index (Phi) is 3.88. The van der Waals surface area contributed by atoms with Gasteiger partial charge >= 0.3 is 5.97 Å². The van der Waals surface area contributed by atoms with E-state index in [-0.39, 0.29) is 10.9 Å². The van der Waals surface area contributed by atoms with Gasteiger partial charge in [0.05, 0.1) is 5.56 Å². The highest BCUT2D eigenvalue weighted by Crippen LogP contribution is 2.28. The standard InChI is InChI=1S/C13H17NO2S/c1-6(2)11-8(4)7(3)9(12(14)17)5-10(11)13(15)16/h5-6H,1-4H3,(H2,14,17)(H,15,16). The van der Waals surface area contributed by atoms with Crippen LogP contribution >= 0.6 is 12.2 Å². The summed E-state index contributed by atoms with van der Waals surface area (Å²) in [5.74, 6) is -0.783. The summed E-state index contributed by atoms with van der Waals surface area (Å²) in [4.78, 5) is 11.5. The Morgan fingerprint density at radius 3 is 2.18 bits per heavy atom. The number of rotatable bonds is 3. The van der Waals surface area contributed by atoms with Gasteiger partial charge < -0.3 is 10.8 Å². The van der Waals surface area contributed by atoms with E-state index >= 15 is 0 Å². The minimum absolute atomic E-state index is 0.153. The maximum atomic E-state index is 11.3. The molecular formula is C13H17NO2S. The van der Waals surface area contributed by atoms with Gasteiger partial charge in [-0.3, -0.25) is 0 Å². The minimum Gasteiger partial charge on any atom is -0.478 e. The minimum atomic E-state index is -0.936. The molecule has 3 N–H and O–H groups in total. The molecule has 0 heterocycles. The lowest BCUT2D eigenvalue weighted by Crippen LogP contribution is -2.16. The van der Waals surface area contributed by atoms with Crippen LogP contribution in [0.5, 0.6) is 0 Å². The second kappa shape index (κ2) is 4.84. The molecule has 4 heteroatoms. The lowest BCUT2D eigenvalue weighted by Gasteiger charge is -2.18. The summed E-state index contributed by atoms with van der Waals surface area (Å²) in [5, 5.41) is 9.25. The smallest absolute Gasteiger partial charge is 0.336 e. The van der Waals surface area contributed by atoms with Crippen molar-refractivity contribution in [2.75, 3.05) is 0 Å². The van der Waals surface area contributed by atoms with Crippen molar-refractivity contribution >= 4 is 23.2 Å². The molecule has 0 saturated carbocycles. The lowest BCUT2D eigenvalue weighted by molar-refractivity contribution is 0.0695. The van der Waals surface area contributed by atoms with Crippen LogP contribution in [0.25, 0.3) is 0 Å². The zero-order chi connectivity index (χ0) is 13.3. The highest BCUT2D eigenvalue weighted by atomic mass is 32.1. The van der Waals surface area contributed by atoms with E-state index in [0.29, 0.717) is 11.1 Å². The Morgan fingerprint density at radius 2 is 1.82 bits per heavy atom. The molecule has 0 aliphatic carbocycles. The predicted molar refractivity (Wildman–Crippen MR) is 72.9 cm³/mol.